The van der Waals surface area contributed by atoms with Gasteiger partial charge in [-0.3, -0.25) is 14.5 Å². The van der Waals surface area contributed by atoms with Crippen molar-refractivity contribution in [3.05, 3.63) is 18.2 Å². The molecule has 2 amide bonds. The third kappa shape index (κ3) is 4.57. The Morgan fingerprint density at radius 3 is 2.45 bits per heavy atom. The number of sulfonamides is 1. The second kappa shape index (κ2) is 8.78. The number of benzene rings is 1. The van der Waals surface area contributed by atoms with Crippen molar-refractivity contribution in [3.63, 3.8) is 0 Å². The second-order valence-corrected chi connectivity index (χ2v) is 11.0. The average Bonchev–Trinajstić information content (AvgIpc) is 2.75. The zero-order chi connectivity index (χ0) is 22.2. The number of hydrogen-bond acceptors (Lipinski definition) is 5. The van der Waals surface area contributed by atoms with Gasteiger partial charge in [0.25, 0.3) is 5.91 Å². The Morgan fingerprint density at radius 1 is 1.10 bits per heavy atom. The zero-order valence-electron chi connectivity index (χ0n) is 18.2. The van der Waals surface area contributed by atoms with Gasteiger partial charge in [0.15, 0.2) is 6.61 Å². The van der Waals surface area contributed by atoms with E-state index in [0.717, 1.165) is 25.7 Å². The van der Waals surface area contributed by atoms with Crippen LogP contribution in [0.4, 0.5) is 5.69 Å². The maximum absolute atomic E-state index is 13.3. The first-order valence-corrected chi connectivity index (χ1v) is 12.5. The molecule has 4 rings (SSSR count). The monoisotopic (exact) mass is 449 g/mol. The topological polar surface area (TPSA) is 87.2 Å². The molecule has 0 aliphatic carbocycles. The molecule has 0 spiro atoms. The summed E-state index contributed by atoms with van der Waals surface area (Å²) in [6, 6.07) is 4.59. The van der Waals surface area contributed by atoms with Crippen LogP contribution in [-0.2, 0) is 19.6 Å². The number of rotatable bonds is 4. The molecule has 0 saturated carbocycles. The normalized spacial score (nSPS) is 25.2. The van der Waals surface area contributed by atoms with Crippen molar-refractivity contribution in [2.75, 3.05) is 44.2 Å². The molecule has 2 atom stereocenters. The van der Waals surface area contributed by atoms with E-state index in [4.69, 9.17) is 4.74 Å². The minimum absolute atomic E-state index is 0.101. The van der Waals surface area contributed by atoms with Crippen LogP contribution < -0.4 is 9.64 Å². The molecule has 0 aromatic heterocycles. The summed E-state index contributed by atoms with van der Waals surface area (Å²) in [7, 11) is -3.71. The lowest BCUT2D eigenvalue weighted by Gasteiger charge is -2.35. The Labute approximate surface area is 184 Å². The summed E-state index contributed by atoms with van der Waals surface area (Å²) in [6.07, 6.45) is 4.05. The molecule has 2 saturated heterocycles. The highest BCUT2D eigenvalue weighted by atomic mass is 32.2. The van der Waals surface area contributed by atoms with Crippen molar-refractivity contribution >= 4 is 27.5 Å². The van der Waals surface area contributed by atoms with Gasteiger partial charge in [-0.15, -0.1) is 0 Å². The van der Waals surface area contributed by atoms with Gasteiger partial charge in [0, 0.05) is 26.2 Å². The van der Waals surface area contributed by atoms with Crippen LogP contribution >= 0.6 is 0 Å². The van der Waals surface area contributed by atoms with Gasteiger partial charge in [-0.05, 0) is 55.7 Å². The van der Waals surface area contributed by atoms with Crippen LogP contribution in [0.2, 0.25) is 0 Å². The number of amides is 2. The van der Waals surface area contributed by atoms with Gasteiger partial charge in [0.1, 0.15) is 12.3 Å². The molecule has 0 N–H and O–H groups in total. The third-order valence-corrected chi connectivity index (χ3v) is 8.18. The number of fused-ring (bicyclic) bond motifs is 1. The van der Waals surface area contributed by atoms with E-state index in [1.54, 1.807) is 11.0 Å². The minimum atomic E-state index is -3.71. The Bertz CT molecular complexity index is 948. The van der Waals surface area contributed by atoms with Gasteiger partial charge >= 0.3 is 0 Å². The molecule has 9 heteroatoms. The molecule has 8 nitrogen and oxygen atoms in total. The first-order valence-electron chi connectivity index (χ1n) is 11.1. The first kappa shape index (κ1) is 22.1. The molecular weight excluding hydrogens is 418 g/mol. The Morgan fingerprint density at radius 2 is 1.77 bits per heavy atom. The molecule has 1 aromatic rings. The predicted octanol–water partition coefficient (Wildman–Crippen LogP) is 2.09. The van der Waals surface area contributed by atoms with E-state index in [0.29, 0.717) is 49.5 Å². The third-order valence-electron chi connectivity index (χ3n) is 6.35. The van der Waals surface area contributed by atoms with E-state index in [-0.39, 0.29) is 29.9 Å². The largest absolute Gasteiger partial charge is 0.482 e. The van der Waals surface area contributed by atoms with Crippen LogP contribution in [0.3, 0.4) is 0 Å². The van der Waals surface area contributed by atoms with Crippen molar-refractivity contribution < 1.29 is 22.7 Å². The Balaban J connectivity index is 1.61. The molecule has 0 radical (unpaired) electrons. The van der Waals surface area contributed by atoms with E-state index < -0.39 is 10.0 Å². The van der Waals surface area contributed by atoms with E-state index in [1.807, 2.05) is 0 Å². The SMILES string of the molecule is C[C@@H]1C[C@H](C)CN(S(=O)(=O)c2ccc3c(c2)N(CC(=O)N2CCCCC2)C(=O)CO3)C1. The maximum Gasteiger partial charge on any atom is 0.265 e. The van der Waals surface area contributed by atoms with Gasteiger partial charge in [-0.25, -0.2) is 8.42 Å². The number of ether oxygens (including phenoxy) is 1. The number of hydrogen-bond donors (Lipinski definition) is 0. The van der Waals surface area contributed by atoms with E-state index in [9.17, 15) is 18.0 Å². The van der Waals surface area contributed by atoms with Crippen LogP contribution in [0.1, 0.15) is 39.5 Å². The smallest absolute Gasteiger partial charge is 0.265 e. The van der Waals surface area contributed by atoms with Crippen LogP contribution in [0, 0.1) is 11.8 Å². The first-order chi connectivity index (χ1) is 14.8. The van der Waals surface area contributed by atoms with Gasteiger partial charge < -0.3 is 9.64 Å². The van der Waals surface area contributed by atoms with Crippen LogP contribution in [-0.4, -0.2) is 68.8 Å². The number of nitrogens with zero attached hydrogens (tertiary/aromatic N) is 3. The highest BCUT2D eigenvalue weighted by Gasteiger charge is 2.34. The summed E-state index contributed by atoms with van der Waals surface area (Å²) in [5.74, 6) is 0.547. The fourth-order valence-corrected chi connectivity index (χ4v) is 6.55. The van der Waals surface area contributed by atoms with Crippen LogP contribution in [0.5, 0.6) is 5.75 Å². The molecule has 31 heavy (non-hydrogen) atoms. The number of anilines is 1. The van der Waals surface area contributed by atoms with Gasteiger partial charge in [0.05, 0.1) is 10.6 Å². The molecule has 2 fully saturated rings. The Kier molecular flexibility index (Phi) is 6.25. The molecule has 3 aliphatic rings. The quantitative estimate of drug-likeness (QED) is 0.703. The highest BCUT2D eigenvalue weighted by Crippen LogP contribution is 2.36. The summed E-state index contributed by atoms with van der Waals surface area (Å²) in [4.78, 5) is 28.7. The van der Waals surface area contributed by atoms with Crippen LogP contribution in [0.25, 0.3) is 0 Å². The zero-order valence-corrected chi connectivity index (χ0v) is 19.1. The maximum atomic E-state index is 13.3. The molecule has 1 aromatic carbocycles. The molecule has 3 aliphatic heterocycles. The fourth-order valence-electron chi connectivity index (χ4n) is 4.85. The van der Waals surface area contributed by atoms with Gasteiger partial charge in [0.2, 0.25) is 15.9 Å². The second-order valence-electron chi connectivity index (χ2n) is 9.11. The van der Waals surface area contributed by atoms with Crippen LogP contribution in [0.15, 0.2) is 23.1 Å². The summed E-state index contributed by atoms with van der Waals surface area (Å²) >= 11 is 0. The molecule has 3 heterocycles. The number of carbonyl (C=O) groups is 2. The summed E-state index contributed by atoms with van der Waals surface area (Å²) < 4.78 is 33.7. The van der Waals surface area contributed by atoms with Crippen molar-refractivity contribution in [3.8, 4) is 5.75 Å². The summed E-state index contributed by atoms with van der Waals surface area (Å²) in [5, 5.41) is 0. The van der Waals surface area contributed by atoms with E-state index in [1.165, 1.54) is 21.3 Å². The lowest BCUT2D eigenvalue weighted by molar-refractivity contribution is -0.132. The van der Waals surface area contributed by atoms with E-state index >= 15 is 0 Å². The molecule has 170 valence electrons. The van der Waals surface area contributed by atoms with Gasteiger partial charge in [-0.1, -0.05) is 13.8 Å². The predicted molar refractivity (Wildman–Crippen MR) is 116 cm³/mol. The summed E-state index contributed by atoms with van der Waals surface area (Å²) in [5.41, 5.74) is 0.348. The standard InChI is InChI=1S/C22H31N3O5S/c1-16-10-17(2)13-24(12-16)31(28,29)18-6-7-20-19(11-18)25(22(27)15-30-20)14-21(26)23-8-4-3-5-9-23/h6-7,11,16-17H,3-5,8-10,12-15H2,1-2H3/t16-,17+. The van der Waals surface area contributed by atoms with Crippen molar-refractivity contribution in [2.24, 2.45) is 11.8 Å². The lowest BCUT2D eigenvalue weighted by Crippen LogP contribution is -2.47. The number of carbonyl (C=O) groups excluding carboxylic acids is 2. The van der Waals surface area contributed by atoms with Crippen molar-refractivity contribution in [1.82, 2.24) is 9.21 Å². The summed E-state index contributed by atoms with van der Waals surface area (Å²) in [6.45, 7) is 6.22. The van der Waals surface area contributed by atoms with Crippen molar-refractivity contribution in [1.29, 1.82) is 0 Å². The lowest BCUT2D eigenvalue weighted by atomic mass is 9.94. The van der Waals surface area contributed by atoms with Crippen molar-refractivity contribution in [2.45, 2.75) is 44.4 Å². The number of likely N-dealkylation sites (tertiary alicyclic amines) is 1. The average molecular weight is 450 g/mol. The minimum Gasteiger partial charge on any atom is -0.482 e. The Hall–Kier alpha value is -2.13. The fraction of sp³-hybridized carbons (Fsp3) is 0.636. The molecule has 0 bridgehead atoms. The van der Waals surface area contributed by atoms with Gasteiger partial charge in [-0.2, -0.15) is 4.31 Å². The number of piperidine rings is 2. The molecule has 0 unspecified atom stereocenters. The molecular formula is C22H31N3O5S. The highest BCUT2D eigenvalue weighted by molar-refractivity contribution is 7.89. The van der Waals surface area contributed by atoms with E-state index in [2.05, 4.69) is 13.8 Å².